The summed E-state index contributed by atoms with van der Waals surface area (Å²) in [5.74, 6) is -0.676. The van der Waals surface area contributed by atoms with Crippen LogP contribution in [0.5, 0.6) is 0 Å². The molecule has 41 heavy (non-hydrogen) atoms. The Bertz CT molecular complexity index is 524. The number of thiol groups is 4. The molecule has 0 atom stereocenters. The molecule has 0 saturated heterocycles. The number of ether oxygens (including phenoxy) is 1. The largest absolute Gasteiger partial charge is 0.393 e. The highest BCUT2D eigenvalue weighted by Gasteiger charge is 2.10. The Balaban J connectivity index is 3.29. The predicted molar refractivity (Wildman–Crippen MR) is 193 cm³/mol. The topological polar surface area (TPSA) is 43.4 Å². The molecule has 0 radical (unpaired) electrons. The van der Waals surface area contributed by atoms with Gasteiger partial charge in [0.05, 0.1) is 0 Å². The van der Waals surface area contributed by atoms with E-state index in [0.29, 0.717) is 12.8 Å². The lowest BCUT2D eigenvalue weighted by Gasteiger charge is -2.05. The number of hydrogen-bond acceptors (Lipinski definition) is 7. The standard InChI is InChI=1S/C34H66O3S4/c35-31(27-23-19-15-11-7-3-1-5-9-13-17-21-25-29-33(38)39)37-32(36)28-24-20-16-12-8-4-2-6-10-14-18-22-26-30-34(40)41/h33-34,38-41H,1-30H2. The van der Waals surface area contributed by atoms with Crippen molar-refractivity contribution in [3.05, 3.63) is 0 Å². The van der Waals surface area contributed by atoms with Gasteiger partial charge < -0.3 is 4.74 Å². The Labute approximate surface area is 277 Å². The molecule has 0 N–H and O–H groups in total. The van der Waals surface area contributed by atoms with E-state index in [-0.39, 0.29) is 21.1 Å². The van der Waals surface area contributed by atoms with Crippen LogP contribution in [0, 0.1) is 0 Å². The fourth-order valence-corrected chi connectivity index (χ4v) is 6.04. The summed E-state index contributed by atoms with van der Waals surface area (Å²) < 4.78 is 5.50. The van der Waals surface area contributed by atoms with Crippen molar-refractivity contribution in [1.29, 1.82) is 0 Å². The summed E-state index contributed by atoms with van der Waals surface area (Å²) >= 11 is 17.2. The number of carbonyl (C=O) groups is 2. The van der Waals surface area contributed by atoms with Crippen molar-refractivity contribution in [2.24, 2.45) is 0 Å². The Morgan fingerprint density at radius 3 is 0.756 bits per heavy atom. The third kappa shape index (κ3) is 36.6. The third-order valence-corrected chi connectivity index (χ3v) is 8.95. The van der Waals surface area contributed by atoms with E-state index >= 15 is 0 Å². The lowest BCUT2D eigenvalue weighted by Crippen LogP contribution is -2.11. The molecule has 244 valence electrons. The van der Waals surface area contributed by atoms with Gasteiger partial charge in [-0.15, -0.1) is 0 Å². The minimum Gasteiger partial charge on any atom is -0.393 e. The average molecular weight is 651 g/mol. The molecule has 0 unspecified atom stereocenters. The monoisotopic (exact) mass is 650 g/mol. The maximum atomic E-state index is 11.9. The first-order valence-corrected chi connectivity index (χ1v) is 19.4. The summed E-state index contributed by atoms with van der Waals surface area (Å²) in [6.07, 6.45) is 35.5. The third-order valence-electron chi connectivity index (χ3n) is 7.91. The van der Waals surface area contributed by atoms with Gasteiger partial charge in [-0.25, -0.2) is 0 Å². The van der Waals surface area contributed by atoms with E-state index in [1.54, 1.807) is 0 Å². The van der Waals surface area contributed by atoms with Gasteiger partial charge in [-0.05, 0) is 25.7 Å². The molecule has 0 fully saturated rings. The lowest BCUT2D eigenvalue weighted by molar-refractivity contribution is -0.159. The first-order chi connectivity index (χ1) is 19.9. The normalized spacial score (nSPS) is 11.6. The van der Waals surface area contributed by atoms with Crippen LogP contribution in [0.4, 0.5) is 0 Å². The lowest BCUT2D eigenvalue weighted by atomic mass is 10.0. The van der Waals surface area contributed by atoms with Crippen LogP contribution >= 0.6 is 50.5 Å². The molecule has 0 aromatic heterocycles. The molecule has 0 rings (SSSR count). The molecule has 0 aromatic carbocycles. The Morgan fingerprint density at radius 2 is 0.537 bits per heavy atom. The van der Waals surface area contributed by atoms with Gasteiger partial charge in [-0.2, -0.15) is 50.5 Å². The molecule has 0 aliphatic carbocycles. The van der Waals surface area contributed by atoms with Crippen molar-refractivity contribution in [3.8, 4) is 0 Å². The van der Waals surface area contributed by atoms with Crippen LogP contribution in [0.15, 0.2) is 0 Å². The number of unbranched alkanes of at least 4 members (excludes halogenated alkanes) is 24. The van der Waals surface area contributed by atoms with Gasteiger partial charge in [-0.1, -0.05) is 154 Å². The zero-order chi connectivity index (χ0) is 30.2. The van der Waals surface area contributed by atoms with Gasteiger partial charge in [0.1, 0.15) is 0 Å². The highest BCUT2D eigenvalue weighted by molar-refractivity contribution is 7.99. The highest BCUT2D eigenvalue weighted by Crippen LogP contribution is 2.17. The molecule has 0 spiro atoms. The fourth-order valence-electron chi connectivity index (χ4n) is 5.31. The van der Waals surface area contributed by atoms with E-state index in [9.17, 15) is 9.59 Å². The van der Waals surface area contributed by atoms with Crippen molar-refractivity contribution >= 4 is 62.5 Å². The van der Waals surface area contributed by atoms with Gasteiger partial charge in [0.2, 0.25) is 0 Å². The van der Waals surface area contributed by atoms with E-state index < -0.39 is 0 Å². The van der Waals surface area contributed by atoms with E-state index in [2.05, 4.69) is 50.5 Å². The molecule has 3 nitrogen and oxygen atoms in total. The highest BCUT2D eigenvalue weighted by atomic mass is 32.2. The molecule has 0 amide bonds. The van der Waals surface area contributed by atoms with Crippen molar-refractivity contribution in [3.63, 3.8) is 0 Å². The summed E-state index contributed by atoms with van der Waals surface area (Å²) in [4.78, 5) is 23.8. The Morgan fingerprint density at radius 1 is 0.341 bits per heavy atom. The number of esters is 2. The van der Waals surface area contributed by atoms with E-state index in [1.807, 2.05) is 0 Å². The number of carbonyl (C=O) groups excluding carboxylic acids is 2. The maximum absolute atomic E-state index is 11.9. The van der Waals surface area contributed by atoms with Crippen LogP contribution in [0.3, 0.4) is 0 Å². The second-order valence-electron chi connectivity index (χ2n) is 12.1. The Kier molecular flexibility index (Phi) is 33.9. The van der Waals surface area contributed by atoms with Crippen molar-refractivity contribution < 1.29 is 14.3 Å². The summed E-state index contributed by atoms with van der Waals surface area (Å²) in [6.45, 7) is 0. The van der Waals surface area contributed by atoms with Gasteiger partial charge in [0.15, 0.2) is 0 Å². The molecule has 0 aliphatic rings. The van der Waals surface area contributed by atoms with Crippen LogP contribution < -0.4 is 0 Å². The minimum atomic E-state index is -0.338. The molecule has 7 heteroatoms. The van der Waals surface area contributed by atoms with Crippen LogP contribution in [-0.2, 0) is 14.3 Å². The molecule has 0 bridgehead atoms. The zero-order valence-corrected chi connectivity index (χ0v) is 30.0. The predicted octanol–water partition coefficient (Wildman–Crippen LogP) is 12.1. The van der Waals surface area contributed by atoms with E-state index in [0.717, 1.165) is 38.5 Å². The first kappa shape index (κ1) is 41.5. The van der Waals surface area contributed by atoms with Gasteiger partial charge in [0, 0.05) is 22.0 Å². The number of rotatable bonds is 32. The Hall–Kier alpha value is 0.540. The molecule has 0 aromatic rings. The fraction of sp³-hybridized carbons (Fsp3) is 0.941. The van der Waals surface area contributed by atoms with Gasteiger partial charge in [0.25, 0.3) is 0 Å². The summed E-state index contributed by atoms with van der Waals surface area (Å²) in [6, 6.07) is 0. The van der Waals surface area contributed by atoms with Gasteiger partial charge >= 0.3 is 11.9 Å². The zero-order valence-electron chi connectivity index (χ0n) is 26.4. The molecular weight excluding hydrogens is 585 g/mol. The van der Waals surface area contributed by atoms with E-state index in [1.165, 1.54) is 141 Å². The van der Waals surface area contributed by atoms with Crippen molar-refractivity contribution in [2.45, 2.75) is 202 Å². The van der Waals surface area contributed by atoms with Crippen molar-refractivity contribution in [1.82, 2.24) is 0 Å². The van der Waals surface area contributed by atoms with Crippen LogP contribution in [-0.4, -0.2) is 21.1 Å². The number of hydrogen-bond donors (Lipinski definition) is 4. The molecule has 0 aliphatic heterocycles. The smallest absolute Gasteiger partial charge is 0.313 e. The summed E-state index contributed by atoms with van der Waals surface area (Å²) in [5, 5.41) is 0. The average Bonchev–Trinajstić information content (AvgIpc) is 2.92. The quantitative estimate of drug-likeness (QED) is 0.0193. The molecular formula is C34H66O3S4. The van der Waals surface area contributed by atoms with Crippen LogP contribution in [0.1, 0.15) is 193 Å². The molecule has 0 heterocycles. The SMILES string of the molecule is O=C(CCCCCCCCCCCCCCCC(S)S)OC(=O)CCCCCCCCCCCCCCCC(S)S. The van der Waals surface area contributed by atoms with Crippen LogP contribution in [0.2, 0.25) is 0 Å². The van der Waals surface area contributed by atoms with Crippen LogP contribution in [0.25, 0.3) is 0 Å². The molecule has 0 saturated carbocycles. The van der Waals surface area contributed by atoms with E-state index in [4.69, 9.17) is 4.74 Å². The summed E-state index contributed by atoms with van der Waals surface area (Å²) in [5.41, 5.74) is 0. The van der Waals surface area contributed by atoms with Crippen molar-refractivity contribution in [2.75, 3.05) is 0 Å². The maximum Gasteiger partial charge on any atom is 0.313 e. The first-order valence-electron chi connectivity index (χ1n) is 17.4. The second kappa shape index (κ2) is 33.4. The van der Waals surface area contributed by atoms with Gasteiger partial charge in [-0.3, -0.25) is 9.59 Å². The second-order valence-corrected chi connectivity index (χ2v) is 15.4. The minimum absolute atomic E-state index is 0.244. The summed E-state index contributed by atoms with van der Waals surface area (Å²) in [7, 11) is 0.